The first-order chi connectivity index (χ1) is 12.4. The van der Waals surface area contributed by atoms with Crippen LogP contribution in [0.4, 0.5) is 5.69 Å². The number of sulfonamides is 1. The van der Waals surface area contributed by atoms with Crippen LogP contribution in [-0.4, -0.2) is 32.3 Å². The molecule has 1 aliphatic heterocycles. The van der Waals surface area contributed by atoms with Gasteiger partial charge in [0.2, 0.25) is 0 Å². The Labute approximate surface area is 159 Å². The van der Waals surface area contributed by atoms with Gasteiger partial charge in [-0.3, -0.25) is 9.52 Å². The Morgan fingerprint density at radius 3 is 2.50 bits per heavy atom. The number of halogens is 1. The molecular weight excluding hydrogens is 372 g/mol. The Hall–Kier alpha value is -2.05. The molecule has 2 aromatic carbocycles. The molecule has 0 aromatic heterocycles. The number of anilines is 1. The van der Waals surface area contributed by atoms with E-state index in [0.717, 1.165) is 24.8 Å². The van der Waals surface area contributed by atoms with Gasteiger partial charge in [0.1, 0.15) is 4.90 Å². The van der Waals surface area contributed by atoms with Gasteiger partial charge >= 0.3 is 0 Å². The minimum absolute atomic E-state index is 0.0837. The van der Waals surface area contributed by atoms with E-state index in [9.17, 15) is 13.2 Å². The first-order valence-electron chi connectivity index (χ1n) is 8.55. The van der Waals surface area contributed by atoms with Gasteiger partial charge in [0, 0.05) is 24.3 Å². The van der Waals surface area contributed by atoms with E-state index in [0.29, 0.717) is 24.3 Å². The van der Waals surface area contributed by atoms with Gasteiger partial charge in [-0.15, -0.1) is 0 Å². The molecule has 0 unspecified atom stereocenters. The fraction of sp³-hybridized carbons (Fsp3) is 0.316. The molecular formula is C19H21ClN2O3S. The van der Waals surface area contributed by atoms with E-state index in [2.05, 4.69) is 4.72 Å². The molecule has 0 radical (unpaired) electrons. The molecule has 1 saturated heterocycles. The lowest BCUT2D eigenvalue weighted by Crippen LogP contribution is -2.35. The highest BCUT2D eigenvalue weighted by Crippen LogP contribution is 2.26. The van der Waals surface area contributed by atoms with Crippen molar-refractivity contribution in [2.75, 3.05) is 17.8 Å². The van der Waals surface area contributed by atoms with E-state index < -0.39 is 10.0 Å². The van der Waals surface area contributed by atoms with Crippen molar-refractivity contribution in [1.29, 1.82) is 0 Å². The molecule has 2 aromatic rings. The van der Waals surface area contributed by atoms with Crippen molar-refractivity contribution in [2.45, 2.75) is 31.1 Å². The summed E-state index contributed by atoms with van der Waals surface area (Å²) in [6.45, 7) is 3.28. The number of rotatable bonds is 4. The van der Waals surface area contributed by atoms with Crippen molar-refractivity contribution >= 4 is 33.2 Å². The van der Waals surface area contributed by atoms with Crippen LogP contribution >= 0.6 is 11.6 Å². The van der Waals surface area contributed by atoms with E-state index in [1.807, 2.05) is 13.0 Å². The number of hydrogen-bond donors (Lipinski definition) is 1. The second-order valence-electron chi connectivity index (χ2n) is 6.47. The molecule has 1 aliphatic rings. The molecule has 0 aliphatic carbocycles. The maximum Gasteiger partial charge on any atom is 0.263 e. The number of benzene rings is 2. The third kappa shape index (κ3) is 4.19. The van der Waals surface area contributed by atoms with E-state index in [4.69, 9.17) is 11.6 Å². The van der Waals surface area contributed by atoms with Crippen molar-refractivity contribution in [3.8, 4) is 0 Å². The van der Waals surface area contributed by atoms with Crippen LogP contribution in [0.5, 0.6) is 0 Å². The van der Waals surface area contributed by atoms with Crippen molar-refractivity contribution in [1.82, 2.24) is 4.90 Å². The highest BCUT2D eigenvalue weighted by molar-refractivity contribution is 7.92. The number of carbonyl (C=O) groups excluding carboxylic acids is 1. The minimum Gasteiger partial charge on any atom is -0.339 e. The highest BCUT2D eigenvalue weighted by atomic mass is 35.5. The summed E-state index contributed by atoms with van der Waals surface area (Å²) in [4.78, 5) is 14.3. The van der Waals surface area contributed by atoms with Crippen LogP contribution < -0.4 is 4.72 Å². The summed E-state index contributed by atoms with van der Waals surface area (Å²) in [5, 5.41) is 0.0837. The normalized spacial score (nSPS) is 14.9. The monoisotopic (exact) mass is 392 g/mol. The largest absolute Gasteiger partial charge is 0.339 e. The second kappa shape index (κ2) is 7.68. The Balaban J connectivity index is 1.90. The molecule has 1 fully saturated rings. The molecule has 7 heteroatoms. The second-order valence-corrected chi connectivity index (χ2v) is 8.53. The average molecular weight is 393 g/mol. The number of carbonyl (C=O) groups is 1. The van der Waals surface area contributed by atoms with Crippen molar-refractivity contribution in [3.63, 3.8) is 0 Å². The van der Waals surface area contributed by atoms with Gasteiger partial charge in [-0.25, -0.2) is 8.42 Å². The molecule has 138 valence electrons. The van der Waals surface area contributed by atoms with E-state index in [1.54, 1.807) is 29.2 Å². The lowest BCUT2D eigenvalue weighted by atomic mass is 10.1. The third-order valence-electron chi connectivity index (χ3n) is 4.38. The Morgan fingerprint density at radius 1 is 1.08 bits per heavy atom. The van der Waals surface area contributed by atoms with Crippen LogP contribution in [0.1, 0.15) is 35.2 Å². The van der Waals surface area contributed by atoms with Crippen LogP contribution in [0.2, 0.25) is 5.02 Å². The summed E-state index contributed by atoms with van der Waals surface area (Å²) in [5.74, 6) is -0.159. The van der Waals surface area contributed by atoms with E-state index in [1.165, 1.54) is 12.1 Å². The number of piperidine rings is 1. The van der Waals surface area contributed by atoms with Gasteiger partial charge in [0.15, 0.2) is 0 Å². The Kier molecular flexibility index (Phi) is 5.53. The first-order valence-corrected chi connectivity index (χ1v) is 10.4. The van der Waals surface area contributed by atoms with E-state index in [-0.39, 0.29) is 15.8 Å². The van der Waals surface area contributed by atoms with Crippen LogP contribution in [0.15, 0.2) is 47.4 Å². The SMILES string of the molecule is Cc1cccc(NS(=O)(=O)c2cc(C(=O)N3CCCCC3)ccc2Cl)c1. The lowest BCUT2D eigenvalue weighted by molar-refractivity contribution is 0.0724. The number of nitrogens with one attached hydrogen (secondary N) is 1. The Bertz CT molecular complexity index is 922. The molecule has 0 saturated carbocycles. The molecule has 1 N–H and O–H groups in total. The van der Waals surface area contributed by atoms with Crippen molar-refractivity contribution < 1.29 is 13.2 Å². The van der Waals surface area contributed by atoms with Crippen LogP contribution in [0.25, 0.3) is 0 Å². The maximum atomic E-state index is 12.8. The van der Waals surface area contributed by atoms with Gasteiger partial charge in [0.25, 0.3) is 15.9 Å². The minimum atomic E-state index is -3.90. The zero-order valence-corrected chi connectivity index (χ0v) is 16.1. The molecule has 3 rings (SSSR count). The van der Waals surface area contributed by atoms with Crippen LogP contribution in [-0.2, 0) is 10.0 Å². The summed E-state index contributed by atoms with van der Waals surface area (Å²) in [6, 6.07) is 11.4. The average Bonchev–Trinajstić information content (AvgIpc) is 2.62. The molecule has 0 bridgehead atoms. The number of likely N-dealkylation sites (tertiary alicyclic amines) is 1. The van der Waals surface area contributed by atoms with Gasteiger partial charge in [-0.05, 0) is 62.1 Å². The summed E-state index contributed by atoms with van der Waals surface area (Å²) < 4.78 is 28.1. The quantitative estimate of drug-likeness (QED) is 0.852. The zero-order valence-electron chi connectivity index (χ0n) is 14.5. The maximum absolute atomic E-state index is 12.8. The van der Waals surface area contributed by atoms with Crippen LogP contribution in [0, 0.1) is 6.92 Å². The van der Waals surface area contributed by atoms with Gasteiger partial charge in [0.05, 0.1) is 5.02 Å². The lowest BCUT2D eigenvalue weighted by Gasteiger charge is -2.27. The summed E-state index contributed by atoms with van der Waals surface area (Å²) >= 11 is 6.12. The number of hydrogen-bond acceptors (Lipinski definition) is 3. The molecule has 5 nitrogen and oxygen atoms in total. The fourth-order valence-corrected chi connectivity index (χ4v) is 4.62. The smallest absolute Gasteiger partial charge is 0.263 e. The van der Waals surface area contributed by atoms with E-state index >= 15 is 0 Å². The molecule has 1 heterocycles. The third-order valence-corrected chi connectivity index (χ3v) is 6.24. The number of aryl methyl sites for hydroxylation is 1. The summed E-state index contributed by atoms with van der Waals surface area (Å²) in [7, 11) is -3.90. The highest BCUT2D eigenvalue weighted by Gasteiger charge is 2.23. The molecule has 1 amide bonds. The standard InChI is InChI=1S/C19H21ClN2O3S/c1-14-6-5-7-16(12-14)21-26(24,25)18-13-15(8-9-17(18)20)19(23)22-10-3-2-4-11-22/h5-9,12-13,21H,2-4,10-11H2,1H3. The first kappa shape index (κ1) is 18.7. The predicted octanol–water partition coefficient (Wildman–Crippen LogP) is 4.08. The predicted molar refractivity (Wildman–Crippen MR) is 103 cm³/mol. The van der Waals surface area contributed by atoms with Gasteiger partial charge in [-0.1, -0.05) is 23.7 Å². The van der Waals surface area contributed by atoms with Crippen LogP contribution in [0.3, 0.4) is 0 Å². The topological polar surface area (TPSA) is 66.5 Å². The van der Waals surface area contributed by atoms with Crippen molar-refractivity contribution in [3.05, 3.63) is 58.6 Å². The summed E-state index contributed by atoms with van der Waals surface area (Å²) in [5.41, 5.74) is 1.72. The molecule has 0 spiro atoms. The summed E-state index contributed by atoms with van der Waals surface area (Å²) in [6.07, 6.45) is 3.06. The molecule has 26 heavy (non-hydrogen) atoms. The number of nitrogens with zero attached hydrogens (tertiary/aromatic N) is 1. The zero-order chi connectivity index (χ0) is 18.7. The number of amides is 1. The van der Waals surface area contributed by atoms with Gasteiger partial charge < -0.3 is 4.90 Å². The Morgan fingerprint density at radius 2 is 1.81 bits per heavy atom. The van der Waals surface area contributed by atoms with Crippen molar-refractivity contribution in [2.24, 2.45) is 0 Å². The molecule has 0 atom stereocenters. The fourth-order valence-electron chi connectivity index (χ4n) is 3.04. The van der Waals surface area contributed by atoms with Gasteiger partial charge in [-0.2, -0.15) is 0 Å².